The normalized spacial score (nSPS) is 11.5. The average molecular weight is 425 g/mol. The summed E-state index contributed by atoms with van der Waals surface area (Å²) in [7, 11) is 0. The molecule has 0 saturated heterocycles. The Labute approximate surface area is 182 Å². The van der Waals surface area contributed by atoms with Crippen LogP contribution >= 0.6 is 0 Å². The predicted molar refractivity (Wildman–Crippen MR) is 120 cm³/mol. The molecular formula is C25H19N3O4. The smallest absolute Gasteiger partial charge is 0.335 e. The number of nitrogens with zero attached hydrogens (tertiary/aromatic N) is 2. The van der Waals surface area contributed by atoms with Crippen molar-refractivity contribution in [2.24, 2.45) is 0 Å². The number of nitrogens with one attached hydrogen (secondary N) is 1. The minimum absolute atomic E-state index is 0.126. The maximum Gasteiger partial charge on any atom is 0.335 e. The second kappa shape index (κ2) is 7.93. The topological polar surface area (TPSA) is 112 Å². The molecule has 0 saturated carbocycles. The summed E-state index contributed by atoms with van der Waals surface area (Å²) in [5.74, 6) is -0.0719. The van der Waals surface area contributed by atoms with Crippen molar-refractivity contribution in [3.8, 4) is 23.1 Å². The number of aryl methyl sites for hydroxylation is 2. The highest BCUT2D eigenvalue weighted by molar-refractivity contribution is 5.87. The highest BCUT2D eigenvalue weighted by Crippen LogP contribution is 2.28. The molecule has 0 radical (unpaired) electrons. The van der Waals surface area contributed by atoms with Crippen molar-refractivity contribution in [3.63, 3.8) is 0 Å². The van der Waals surface area contributed by atoms with E-state index in [9.17, 15) is 14.9 Å². The van der Waals surface area contributed by atoms with Gasteiger partial charge in [-0.15, -0.1) is 0 Å². The monoisotopic (exact) mass is 425 g/mol. The van der Waals surface area contributed by atoms with Gasteiger partial charge in [0.15, 0.2) is 0 Å². The van der Waals surface area contributed by atoms with E-state index in [1.165, 1.54) is 16.8 Å². The molecule has 2 N–H and O–H groups in total. The number of aromatic amines is 1. The Kier molecular flexibility index (Phi) is 5.13. The second-order valence-electron chi connectivity index (χ2n) is 7.44. The van der Waals surface area contributed by atoms with Crippen LogP contribution in [0.25, 0.3) is 29.7 Å². The van der Waals surface area contributed by atoms with Gasteiger partial charge >= 0.3 is 5.97 Å². The van der Waals surface area contributed by atoms with E-state index in [0.29, 0.717) is 38.9 Å². The molecule has 2 aromatic heterocycles. The van der Waals surface area contributed by atoms with Crippen LogP contribution in [0, 0.1) is 25.2 Å². The molecule has 0 aliphatic carbocycles. The number of rotatable bonds is 4. The van der Waals surface area contributed by atoms with Gasteiger partial charge in [-0.2, -0.15) is 5.26 Å². The maximum atomic E-state index is 12.9. The molecule has 0 spiro atoms. The number of aromatic nitrogens is 2. The van der Waals surface area contributed by atoms with Crippen molar-refractivity contribution in [1.82, 2.24) is 9.78 Å². The van der Waals surface area contributed by atoms with Gasteiger partial charge in [0.2, 0.25) is 0 Å². The van der Waals surface area contributed by atoms with Crippen LogP contribution in [0.5, 0.6) is 0 Å². The number of carboxylic acids is 1. The number of furan rings is 1. The first kappa shape index (κ1) is 20.7. The highest BCUT2D eigenvalue weighted by atomic mass is 16.4. The van der Waals surface area contributed by atoms with Crippen molar-refractivity contribution >= 4 is 18.6 Å². The molecule has 7 nitrogen and oxygen atoms in total. The first-order chi connectivity index (χ1) is 15.3. The first-order valence-electron chi connectivity index (χ1n) is 9.75. The fraction of sp³-hybridized carbons (Fsp3) is 0.0800. The third-order valence-electron chi connectivity index (χ3n) is 5.31. The van der Waals surface area contributed by atoms with E-state index < -0.39 is 5.97 Å². The van der Waals surface area contributed by atoms with Gasteiger partial charge < -0.3 is 9.52 Å². The lowest BCUT2D eigenvalue weighted by atomic mass is 9.99. The summed E-state index contributed by atoms with van der Waals surface area (Å²) in [4.78, 5) is 24.0. The van der Waals surface area contributed by atoms with E-state index >= 15 is 0 Å². The number of nitriles is 1. The van der Waals surface area contributed by atoms with Gasteiger partial charge in [-0.25, -0.2) is 9.48 Å². The highest BCUT2D eigenvalue weighted by Gasteiger charge is 2.12. The summed E-state index contributed by atoms with van der Waals surface area (Å²) in [5.41, 5.74) is 3.54. The van der Waals surface area contributed by atoms with Crippen molar-refractivity contribution in [2.75, 3.05) is 0 Å². The van der Waals surface area contributed by atoms with Crippen LogP contribution in [0.4, 0.5) is 0 Å². The summed E-state index contributed by atoms with van der Waals surface area (Å²) in [6.45, 7) is 7.81. The fourth-order valence-electron chi connectivity index (χ4n) is 3.41. The molecule has 4 aromatic rings. The Bertz CT molecular complexity index is 1560. The van der Waals surface area contributed by atoms with Crippen molar-refractivity contribution in [2.45, 2.75) is 13.8 Å². The summed E-state index contributed by atoms with van der Waals surface area (Å²) in [6.07, 6.45) is 1.58. The molecule has 0 atom stereocenters. The Morgan fingerprint density at radius 1 is 1.16 bits per heavy atom. The van der Waals surface area contributed by atoms with Crippen molar-refractivity contribution < 1.29 is 14.3 Å². The fourth-order valence-corrected chi connectivity index (χ4v) is 3.41. The largest absolute Gasteiger partial charge is 0.478 e. The summed E-state index contributed by atoms with van der Waals surface area (Å²) < 4.78 is 7.21. The van der Waals surface area contributed by atoms with Gasteiger partial charge in [0.05, 0.1) is 33.5 Å². The minimum atomic E-state index is -1.04. The van der Waals surface area contributed by atoms with Crippen molar-refractivity contribution in [3.05, 3.63) is 97.5 Å². The lowest BCUT2D eigenvalue weighted by Gasteiger charge is -2.05. The standard InChI is InChI=1S/C25H19N3O4/c1-14-10-18(13-26)22(11-15(14)2)23-9-8-20(32-23)12-21-16(3)27-28(24(21)29)19-6-4-17(5-7-19)25(30)31/h4-12,27H,3H2,1-2H3,(H,30,31)/b21-12-. The van der Waals surface area contributed by atoms with Crippen LogP contribution in [0.2, 0.25) is 0 Å². The number of benzene rings is 2. The summed E-state index contributed by atoms with van der Waals surface area (Å²) >= 11 is 0. The molecule has 0 bridgehead atoms. The number of carbonyl (C=O) groups is 1. The van der Waals surface area contributed by atoms with Gasteiger partial charge in [0, 0.05) is 5.56 Å². The van der Waals surface area contributed by atoms with Gasteiger partial charge in [-0.05, 0) is 79.6 Å². The minimum Gasteiger partial charge on any atom is -0.478 e. The van der Waals surface area contributed by atoms with Crippen LogP contribution in [0.15, 0.2) is 57.7 Å². The van der Waals surface area contributed by atoms with E-state index in [1.807, 2.05) is 26.0 Å². The van der Waals surface area contributed by atoms with E-state index in [0.717, 1.165) is 11.1 Å². The Morgan fingerprint density at radius 3 is 2.50 bits per heavy atom. The van der Waals surface area contributed by atoms with Crippen LogP contribution in [-0.4, -0.2) is 20.9 Å². The van der Waals surface area contributed by atoms with Crippen molar-refractivity contribution in [1.29, 1.82) is 5.26 Å². The predicted octanol–water partition coefficient (Wildman–Crippen LogP) is 2.85. The van der Waals surface area contributed by atoms with Crippen LogP contribution in [0.3, 0.4) is 0 Å². The molecule has 4 rings (SSSR count). The number of H-pyrrole nitrogens is 1. The Morgan fingerprint density at radius 2 is 1.84 bits per heavy atom. The third-order valence-corrected chi connectivity index (χ3v) is 5.31. The van der Waals surface area contributed by atoms with E-state index in [1.54, 1.807) is 30.3 Å². The molecule has 0 amide bonds. The maximum absolute atomic E-state index is 12.9. The molecular weight excluding hydrogens is 406 g/mol. The SMILES string of the molecule is C=c1[nH]n(-c2ccc(C(=O)O)cc2)c(=O)/c1=C\c1ccc(-c2cc(C)c(C)cc2C#N)o1. The molecule has 0 unspecified atom stereocenters. The number of carboxylic acid groups (broad SMARTS) is 1. The van der Waals surface area contributed by atoms with Gasteiger partial charge in [0.1, 0.15) is 11.5 Å². The van der Waals surface area contributed by atoms with E-state index in [4.69, 9.17) is 9.52 Å². The number of hydrogen-bond donors (Lipinski definition) is 2. The van der Waals surface area contributed by atoms with Crippen LogP contribution in [0.1, 0.15) is 32.8 Å². The first-order valence-corrected chi connectivity index (χ1v) is 9.75. The molecule has 158 valence electrons. The van der Waals surface area contributed by atoms with Crippen LogP contribution < -0.4 is 16.1 Å². The zero-order valence-corrected chi connectivity index (χ0v) is 17.5. The van der Waals surface area contributed by atoms with E-state index in [-0.39, 0.29) is 11.1 Å². The van der Waals surface area contributed by atoms with E-state index in [2.05, 4.69) is 17.7 Å². The molecule has 2 aromatic carbocycles. The second-order valence-corrected chi connectivity index (χ2v) is 7.44. The lowest BCUT2D eigenvalue weighted by molar-refractivity contribution is 0.0697. The molecule has 0 aliphatic heterocycles. The molecule has 2 heterocycles. The molecule has 7 heteroatoms. The third kappa shape index (κ3) is 3.66. The molecule has 32 heavy (non-hydrogen) atoms. The van der Waals surface area contributed by atoms with Gasteiger partial charge in [0.25, 0.3) is 5.56 Å². The summed E-state index contributed by atoms with van der Waals surface area (Å²) in [6, 6.07) is 15.3. The number of hydrogen-bond acceptors (Lipinski definition) is 4. The zero-order chi connectivity index (χ0) is 23.0. The van der Waals surface area contributed by atoms with Gasteiger partial charge in [-0.3, -0.25) is 9.89 Å². The van der Waals surface area contributed by atoms with Crippen LogP contribution in [-0.2, 0) is 0 Å². The zero-order valence-electron chi connectivity index (χ0n) is 17.5. The quantitative estimate of drug-likeness (QED) is 0.522. The average Bonchev–Trinajstić information content (AvgIpc) is 3.35. The Hall–Kier alpha value is -4.57. The van der Waals surface area contributed by atoms with Gasteiger partial charge in [-0.1, -0.05) is 6.58 Å². The summed E-state index contributed by atoms with van der Waals surface area (Å²) in [5, 5.41) is 22.1. The molecule has 0 aliphatic rings. The molecule has 0 fully saturated rings. The lowest BCUT2D eigenvalue weighted by Crippen LogP contribution is -2.33. The Balaban J connectivity index is 1.76. The number of aromatic carboxylic acids is 1.